The Labute approximate surface area is 170 Å². The highest BCUT2D eigenvalue weighted by Crippen LogP contribution is 2.22. The summed E-state index contributed by atoms with van der Waals surface area (Å²) in [7, 11) is -2.26. The molecule has 2 aromatic rings. The molecule has 0 radical (unpaired) electrons. The number of carbonyl (C=O) groups is 2. The normalized spacial score (nSPS) is 12.1. The predicted molar refractivity (Wildman–Crippen MR) is 107 cm³/mol. The number of carbonyl (C=O) groups excluding carboxylic acids is 2. The fourth-order valence-corrected chi connectivity index (χ4v) is 3.24. The fraction of sp³-hybridized carbons (Fsp3) is 0.300. The highest BCUT2D eigenvalue weighted by molar-refractivity contribution is 7.89. The van der Waals surface area contributed by atoms with E-state index >= 15 is 0 Å². The number of primary sulfonamides is 1. The van der Waals surface area contributed by atoms with Crippen LogP contribution in [-0.4, -0.2) is 34.0 Å². The molecule has 1 amide bonds. The van der Waals surface area contributed by atoms with E-state index in [2.05, 4.69) is 5.32 Å². The number of hydrogen-bond acceptors (Lipinski definition) is 6. The highest BCUT2D eigenvalue weighted by atomic mass is 32.2. The number of hydrogen-bond donors (Lipinski definition) is 2. The molecule has 0 aliphatic rings. The van der Waals surface area contributed by atoms with Crippen LogP contribution < -0.4 is 15.2 Å². The lowest BCUT2D eigenvalue weighted by Crippen LogP contribution is -2.31. The third kappa shape index (κ3) is 6.88. The molecule has 2 aromatic carbocycles. The van der Waals surface area contributed by atoms with Gasteiger partial charge in [0.2, 0.25) is 15.9 Å². The summed E-state index contributed by atoms with van der Waals surface area (Å²) < 4.78 is 32.9. The van der Waals surface area contributed by atoms with Gasteiger partial charge in [-0.15, -0.1) is 0 Å². The van der Waals surface area contributed by atoms with Gasteiger partial charge in [0.15, 0.2) is 0 Å². The Kier molecular flexibility index (Phi) is 7.74. The van der Waals surface area contributed by atoms with Crippen molar-refractivity contribution in [1.29, 1.82) is 0 Å². The van der Waals surface area contributed by atoms with E-state index in [-0.39, 0.29) is 30.3 Å². The Morgan fingerprint density at radius 1 is 1.14 bits per heavy atom. The molecule has 0 aliphatic carbocycles. The molecular weight excluding hydrogens is 396 g/mol. The maximum Gasteiger partial charge on any atom is 0.308 e. The van der Waals surface area contributed by atoms with Gasteiger partial charge < -0.3 is 14.8 Å². The van der Waals surface area contributed by atoms with Crippen molar-refractivity contribution < 1.29 is 27.5 Å². The molecule has 3 N–H and O–H groups in total. The van der Waals surface area contributed by atoms with Crippen molar-refractivity contribution in [2.75, 3.05) is 13.7 Å². The molecule has 156 valence electrons. The van der Waals surface area contributed by atoms with Crippen molar-refractivity contribution in [3.63, 3.8) is 0 Å². The summed E-state index contributed by atoms with van der Waals surface area (Å²) in [6, 6.07) is 12.2. The Morgan fingerprint density at radius 3 is 2.41 bits per heavy atom. The first-order valence-electron chi connectivity index (χ1n) is 8.93. The van der Waals surface area contributed by atoms with Crippen molar-refractivity contribution in [3.05, 3.63) is 59.7 Å². The first kappa shape index (κ1) is 22.4. The molecule has 0 heterocycles. The van der Waals surface area contributed by atoms with E-state index in [0.29, 0.717) is 16.9 Å². The molecule has 0 bridgehead atoms. The van der Waals surface area contributed by atoms with Crippen LogP contribution >= 0.6 is 0 Å². The molecule has 9 heteroatoms. The van der Waals surface area contributed by atoms with Gasteiger partial charge in [0.1, 0.15) is 5.75 Å². The zero-order valence-corrected chi connectivity index (χ0v) is 17.1. The van der Waals surface area contributed by atoms with Crippen molar-refractivity contribution in [3.8, 4) is 5.75 Å². The summed E-state index contributed by atoms with van der Waals surface area (Å²) >= 11 is 0. The second kappa shape index (κ2) is 10.0. The summed E-state index contributed by atoms with van der Waals surface area (Å²) in [6.07, 6.45) is -0.0225. The first-order valence-corrected chi connectivity index (χ1v) is 10.5. The molecule has 1 unspecified atom stereocenters. The van der Waals surface area contributed by atoms with Gasteiger partial charge >= 0.3 is 5.97 Å². The van der Waals surface area contributed by atoms with E-state index in [0.717, 1.165) is 0 Å². The quantitative estimate of drug-likeness (QED) is 0.595. The van der Waals surface area contributed by atoms with Crippen LogP contribution in [0.5, 0.6) is 5.75 Å². The zero-order valence-electron chi connectivity index (χ0n) is 16.3. The summed E-state index contributed by atoms with van der Waals surface area (Å²) in [5, 5.41) is 7.90. The van der Waals surface area contributed by atoms with Crippen molar-refractivity contribution in [2.45, 2.75) is 30.7 Å². The van der Waals surface area contributed by atoms with Crippen LogP contribution in [0.4, 0.5) is 0 Å². The van der Waals surface area contributed by atoms with Gasteiger partial charge in [-0.2, -0.15) is 0 Å². The van der Waals surface area contributed by atoms with Crippen molar-refractivity contribution in [2.24, 2.45) is 5.14 Å². The van der Waals surface area contributed by atoms with Crippen molar-refractivity contribution in [1.82, 2.24) is 5.32 Å². The van der Waals surface area contributed by atoms with Crippen LogP contribution in [-0.2, 0) is 30.8 Å². The Bertz CT molecular complexity index is 957. The van der Waals surface area contributed by atoms with E-state index in [1.807, 2.05) is 0 Å². The lowest BCUT2D eigenvalue weighted by Gasteiger charge is -2.19. The first-order chi connectivity index (χ1) is 13.7. The average molecular weight is 420 g/mol. The second-order valence-corrected chi connectivity index (χ2v) is 7.83. The Hall–Kier alpha value is -2.91. The second-order valence-electron chi connectivity index (χ2n) is 6.27. The van der Waals surface area contributed by atoms with E-state index in [4.69, 9.17) is 14.6 Å². The molecule has 0 spiro atoms. The van der Waals surface area contributed by atoms with Gasteiger partial charge in [0.25, 0.3) is 0 Å². The minimum Gasteiger partial charge on any atom is -0.497 e. The molecule has 0 saturated heterocycles. The number of ether oxygens (including phenoxy) is 2. The van der Waals surface area contributed by atoms with Gasteiger partial charge in [-0.05, 0) is 42.3 Å². The molecule has 0 fully saturated rings. The Morgan fingerprint density at radius 2 is 1.83 bits per heavy atom. The van der Waals surface area contributed by atoms with Gasteiger partial charge in [0.05, 0.1) is 37.5 Å². The summed E-state index contributed by atoms with van der Waals surface area (Å²) in [5.41, 5.74) is 1.31. The monoisotopic (exact) mass is 420 g/mol. The average Bonchev–Trinajstić information content (AvgIpc) is 2.67. The number of amides is 1. The van der Waals surface area contributed by atoms with Gasteiger partial charge in [-0.25, -0.2) is 13.6 Å². The number of esters is 1. The van der Waals surface area contributed by atoms with Crippen LogP contribution in [0.3, 0.4) is 0 Å². The smallest absolute Gasteiger partial charge is 0.308 e. The lowest BCUT2D eigenvalue weighted by molar-refractivity contribution is -0.143. The van der Waals surface area contributed by atoms with Gasteiger partial charge in [-0.3, -0.25) is 9.59 Å². The third-order valence-electron chi connectivity index (χ3n) is 4.12. The van der Waals surface area contributed by atoms with E-state index in [1.165, 1.54) is 31.4 Å². The lowest BCUT2D eigenvalue weighted by atomic mass is 10.0. The molecule has 1 atom stereocenters. The van der Waals surface area contributed by atoms with Crippen LogP contribution in [0.1, 0.15) is 30.5 Å². The largest absolute Gasteiger partial charge is 0.497 e. The molecular formula is C20H24N2O6S. The number of methoxy groups -OCH3 is 1. The van der Waals surface area contributed by atoms with Gasteiger partial charge in [-0.1, -0.05) is 24.3 Å². The topological polar surface area (TPSA) is 125 Å². The van der Waals surface area contributed by atoms with E-state index in [9.17, 15) is 18.0 Å². The molecule has 29 heavy (non-hydrogen) atoms. The molecule has 0 aromatic heterocycles. The molecule has 0 saturated carbocycles. The summed E-state index contributed by atoms with van der Waals surface area (Å²) in [5.74, 6) is -0.159. The minimum absolute atomic E-state index is 0.00813. The standard InChI is InChI=1S/C20H24N2O6S/c1-3-28-20(24)13-18(15-5-4-6-16(12-15)27-2)22-19(23)11-14-7-9-17(10-8-14)29(21,25)26/h4-10,12,18H,3,11,13H2,1-2H3,(H,22,23)(H2,21,25,26). The number of rotatable bonds is 9. The summed E-state index contributed by atoms with van der Waals surface area (Å²) in [4.78, 5) is 24.5. The molecule has 8 nitrogen and oxygen atoms in total. The number of sulfonamides is 1. The minimum atomic E-state index is -3.79. The van der Waals surface area contributed by atoms with Crippen molar-refractivity contribution >= 4 is 21.9 Å². The van der Waals surface area contributed by atoms with E-state index in [1.54, 1.807) is 31.2 Å². The number of nitrogens with one attached hydrogen (secondary N) is 1. The van der Waals surface area contributed by atoms with Crippen LogP contribution in [0.25, 0.3) is 0 Å². The third-order valence-corrected chi connectivity index (χ3v) is 5.05. The molecule has 2 rings (SSSR count). The number of nitrogens with two attached hydrogens (primary N) is 1. The van der Waals surface area contributed by atoms with E-state index < -0.39 is 22.0 Å². The fourth-order valence-electron chi connectivity index (χ4n) is 2.72. The highest BCUT2D eigenvalue weighted by Gasteiger charge is 2.20. The maximum atomic E-state index is 12.5. The van der Waals surface area contributed by atoms with Crippen LogP contribution in [0, 0.1) is 0 Å². The number of benzene rings is 2. The predicted octanol–water partition coefficient (Wildman–Crippen LogP) is 1.70. The zero-order chi connectivity index (χ0) is 21.4. The van der Waals surface area contributed by atoms with Crippen LogP contribution in [0.15, 0.2) is 53.4 Å². The molecule has 0 aliphatic heterocycles. The van der Waals surface area contributed by atoms with Gasteiger partial charge in [0, 0.05) is 0 Å². The maximum absolute atomic E-state index is 12.5. The van der Waals surface area contributed by atoms with Crippen LogP contribution in [0.2, 0.25) is 0 Å². The SMILES string of the molecule is CCOC(=O)CC(NC(=O)Cc1ccc(S(N)(=O)=O)cc1)c1cccc(OC)c1. The summed E-state index contributed by atoms with van der Waals surface area (Å²) in [6.45, 7) is 1.95. The Balaban J connectivity index is 2.14.